The molecule has 2 aromatic heterocycles. The SMILES string of the molecule is Cc1cc(CC(N)c2cc(C)c(C)s2)n(C)n1. The summed E-state index contributed by atoms with van der Waals surface area (Å²) < 4.78 is 1.92. The summed E-state index contributed by atoms with van der Waals surface area (Å²) >= 11 is 1.80. The lowest BCUT2D eigenvalue weighted by atomic mass is 10.1. The van der Waals surface area contributed by atoms with Gasteiger partial charge in [-0.25, -0.2) is 0 Å². The predicted octanol–water partition coefficient (Wildman–Crippen LogP) is 2.65. The van der Waals surface area contributed by atoms with Gasteiger partial charge in [0.1, 0.15) is 0 Å². The van der Waals surface area contributed by atoms with Crippen LogP contribution < -0.4 is 5.73 Å². The van der Waals surface area contributed by atoms with E-state index in [1.165, 1.54) is 21.0 Å². The molecular formula is C13H19N3S. The van der Waals surface area contributed by atoms with Crippen molar-refractivity contribution >= 4 is 11.3 Å². The van der Waals surface area contributed by atoms with Crippen LogP contribution in [0.3, 0.4) is 0 Å². The van der Waals surface area contributed by atoms with Crippen molar-refractivity contribution in [3.8, 4) is 0 Å². The van der Waals surface area contributed by atoms with Crippen LogP contribution >= 0.6 is 11.3 Å². The molecule has 0 aliphatic rings. The van der Waals surface area contributed by atoms with E-state index in [0.29, 0.717) is 0 Å². The van der Waals surface area contributed by atoms with Crippen molar-refractivity contribution in [2.45, 2.75) is 33.2 Å². The molecule has 0 fully saturated rings. The van der Waals surface area contributed by atoms with Gasteiger partial charge in [0.15, 0.2) is 0 Å². The quantitative estimate of drug-likeness (QED) is 0.909. The number of hydrogen-bond acceptors (Lipinski definition) is 3. The van der Waals surface area contributed by atoms with E-state index in [4.69, 9.17) is 5.73 Å². The number of nitrogens with zero attached hydrogens (tertiary/aromatic N) is 2. The normalized spacial score (nSPS) is 13.0. The molecule has 0 aromatic carbocycles. The fourth-order valence-electron chi connectivity index (χ4n) is 1.97. The Balaban J connectivity index is 2.16. The van der Waals surface area contributed by atoms with E-state index in [0.717, 1.165) is 12.1 Å². The molecule has 0 radical (unpaired) electrons. The molecule has 0 aliphatic heterocycles. The average Bonchev–Trinajstić information content (AvgIpc) is 2.72. The molecule has 17 heavy (non-hydrogen) atoms. The van der Waals surface area contributed by atoms with Gasteiger partial charge in [-0.05, 0) is 38.5 Å². The second-order valence-electron chi connectivity index (χ2n) is 4.60. The Morgan fingerprint density at radius 2 is 2.06 bits per heavy atom. The lowest BCUT2D eigenvalue weighted by Gasteiger charge is -2.09. The van der Waals surface area contributed by atoms with E-state index in [9.17, 15) is 0 Å². The number of aryl methyl sites for hydroxylation is 4. The van der Waals surface area contributed by atoms with E-state index < -0.39 is 0 Å². The van der Waals surface area contributed by atoms with Crippen LogP contribution in [0.4, 0.5) is 0 Å². The second-order valence-corrected chi connectivity index (χ2v) is 5.89. The Morgan fingerprint density at radius 1 is 1.35 bits per heavy atom. The second kappa shape index (κ2) is 4.63. The molecule has 0 amide bonds. The highest BCUT2D eigenvalue weighted by Gasteiger charge is 2.13. The maximum absolute atomic E-state index is 6.26. The Morgan fingerprint density at radius 3 is 2.53 bits per heavy atom. The number of hydrogen-bond donors (Lipinski definition) is 1. The first-order valence-electron chi connectivity index (χ1n) is 5.79. The first-order chi connectivity index (χ1) is 7.97. The molecule has 0 spiro atoms. The van der Waals surface area contributed by atoms with Crippen molar-refractivity contribution < 1.29 is 0 Å². The van der Waals surface area contributed by atoms with Gasteiger partial charge < -0.3 is 5.73 Å². The third-order valence-electron chi connectivity index (χ3n) is 3.08. The van der Waals surface area contributed by atoms with Crippen molar-refractivity contribution in [3.05, 3.63) is 38.8 Å². The number of nitrogens with two attached hydrogens (primary N) is 1. The van der Waals surface area contributed by atoms with E-state index in [1.54, 1.807) is 11.3 Å². The Hall–Kier alpha value is -1.13. The number of thiophene rings is 1. The van der Waals surface area contributed by atoms with Crippen molar-refractivity contribution in [2.24, 2.45) is 12.8 Å². The van der Waals surface area contributed by atoms with Gasteiger partial charge in [-0.3, -0.25) is 4.68 Å². The predicted molar refractivity (Wildman–Crippen MR) is 72.4 cm³/mol. The molecule has 2 aromatic rings. The van der Waals surface area contributed by atoms with Crippen molar-refractivity contribution in [3.63, 3.8) is 0 Å². The largest absolute Gasteiger partial charge is 0.323 e. The number of aromatic nitrogens is 2. The van der Waals surface area contributed by atoms with E-state index in [2.05, 4.69) is 31.1 Å². The van der Waals surface area contributed by atoms with Gasteiger partial charge in [0, 0.05) is 35.0 Å². The van der Waals surface area contributed by atoms with Crippen LogP contribution in [-0.4, -0.2) is 9.78 Å². The smallest absolute Gasteiger partial charge is 0.0596 e. The molecule has 0 saturated carbocycles. The summed E-state index contributed by atoms with van der Waals surface area (Å²) in [6.45, 7) is 6.29. The van der Waals surface area contributed by atoms with Gasteiger partial charge in [0.2, 0.25) is 0 Å². The van der Waals surface area contributed by atoms with Crippen LogP contribution in [0.1, 0.15) is 32.7 Å². The molecule has 92 valence electrons. The zero-order chi connectivity index (χ0) is 12.6. The fraction of sp³-hybridized carbons (Fsp3) is 0.462. The molecule has 1 atom stereocenters. The molecule has 3 nitrogen and oxygen atoms in total. The monoisotopic (exact) mass is 249 g/mol. The first kappa shape index (κ1) is 12.3. The van der Waals surface area contributed by atoms with E-state index >= 15 is 0 Å². The van der Waals surface area contributed by atoms with Crippen molar-refractivity contribution in [2.75, 3.05) is 0 Å². The molecule has 2 N–H and O–H groups in total. The molecule has 0 bridgehead atoms. The molecule has 4 heteroatoms. The van der Waals surface area contributed by atoms with Gasteiger partial charge in [0.05, 0.1) is 5.69 Å². The van der Waals surface area contributed by atoms with Gasteiger partial charge >= 0.3 is 0 Å². The summed E-state index contributed by atoms with van der Waals surface area (Å²) in [5, 5.41) is 4.35. The summed E-state index contributed by atoms with van der Waals surface area (Å²) in [4.78, 5) is 2.62. The average molecular weight is 249 g/mol. The maximum Gasteiger partial charge on any atom is 0.0596 e. The van der Waals surface area contributed by atoms with E-state index in [1.807, 2.05) is 18.7 Å². The summed E-state index contributed by atoms with van der Waals surface area (Å²) in [6, 6.07) is 4.38. The number of rotatable bonds is 3. The minimum absolute atomic E-state index is 0.0715. The molecular weight excluding hydrogens is 230 g/mol. The summed E-state index contributed by atoms with van der Waals surface area (Å²) in [5.74, 6) is 0. The maximum atomic E-state index is 6.26. The van der Waals surface area contributed by atoms with Crippen LogP contribution in [0, 0.1) is 20.8 Å². The highest BCUT2D eigenvalue weighted by Crippen LogP contribution is 2.27. The summed E-state index contributed by atoms with van der Waals surface area (Å²) in [5.41, 5.74) is 9.83. The van der Waals surface area contributed by atoms with Crippen LogP contribution in [0.2, 0.25) is 0 Å². The third-order valence-corrected chi connectivity index (χ3v) is 4.36. The van der Waals surface area contributed by atoms with Crippen LogP contribution in [-0.2, 0) is 13.5 Å². The molecule has 1 unspecified atom stereocenters. The summed E-state index contributed by atoms with van der Waals surface area (Å²) in [7, 11) is 1.97. The highest BCUT2D eigenvalue weighted by molar-refractivity contribution is 7.12. The topological polar surface area (TPSA) is 43.8 Å². The minimum Gasteiger partial charge on any atom is -0.323 e. The van der Waals surface area contributed by atoms with Crippen LogP contribution in [0.15, 0.2) is 12.1 Å². The Labute approximate surface area is 106 Å². The first-order valence-corrected chi connectivity index (χ1v) is 6.61. The third kappa shape index (κ3) is 2.58. The zero-order valence-electron chi connectivity index (χ0n) is 10.8. The van der Waals surface area contributed by atoms with Crippen LogP contribution in [0.5, 0.6) is 0 Å². The molecule has 0 aliphatic carbocycles. The molecule has 0 saturated heterocycles. The highest BCUT2D eigenvalue weighted by atomic mass is 32.1. The lowest BCUT2D eigenvalue weighted by molar-refractivity contribution is 0.645. The van der Waals surface area contributed by atoms with Gasteiger partial charge in [-0.15, -0.1) is 11.3 Å². The van der Waals surface area contributed by atoms with Crippen molar-refractivity contribution in [1.29, 1.82) is 0 Å². The molecule has 2 rings (SSSR count). The van der Waals surface area contributed by atoms with Gasteiger partial charge in [-0.1, -0.05) is 0 Å². The van der Waals surface area contributed by atoms with Gasteiger partial charge in [0.25, 0.3) is 0 Å². The minimum atomic E-state index is 0.0715. The fourth-order valence-corrected chi connectivity index (χ4v) is 3.01. The van der Waals surface area contributed by atoms with Gasteiger partial charge in [-0.2, -0.15) is 5.10 Å². The van der Waals surface area contributed by atoms with E-state index in [-0.39, 0.29) is 6.04 Å². The van der Waals surface area contributed by atoms with Crippen molar-refractivity contribution in [1.82, 2.24) is 9.78 Å². The standard InChI is InChI=1S/C13H19N3S/c1-8-5-13(17-10(8)3)12(14)7-11-6-9(2)15-16(11)4/h5-6,12H,7,14H2,1-4H3. The lowest BCUT2D eigenvalue weighted by Crippen LogP contribution is -2.14. The summed E-state index contributed by atoms with van der Waals surface area (Å²) in [6.07, 6.45) is 0.844. The Kier molecular flexibility index (Phi) is 3.35. The zero-order valence-corrected chi connectivity index (χ0v) is 11.6. The van der Waals surface area contributed by atoms with Crippen LogP contribution in [0.25, 0.3) is 0 Å². The Bertz CT molecular complexity index is 505. The molecule has 2 heterocycles.